The van der Waals surface area contributed by atoms with Gasteiger partial charge in [0.2, 0.25) is 5.91 Å². The number of carbonyl (C=O) groups excluding carboxylic acids is 1. The molecule has 0 unspecified atom stereocenters. The van der Waals surface area contributed by atoms with Crippen molar-refractivity contribution in [3.63, 3.8) is 0 Å². The van der Waals surface area contributed by atoms with Gasteiger partial charge in [-0.2, -0.15) is 0 Å². The molecular formula is C10H17N5O. The van der Waals surface area contributed by atoms with Crippen molar-refractivity contribution in [2.24, 2.45) is 7.05 Å². The third-order valence-corrected chi connectivity index (χ3v) is 2.84. The largest absolute Gasteiger partial charge is 0.340 e. The number of rotatable bonds is 3. The number of hydrogen-bond acceptors (Lipinski definition) is 4. The summed E-state index contributed by atoms with van der Waals surface area (Å²) in [4.78, 5) is 13.8. The summed E-state index contributed by atoms with van der Waals surface area (Å²) in [6.45, 7) is 3.43. The summed E-state index contributed by atoms with van der Waals surface area (Å²) in [5.74, 6) is 1.08. The van der Waals surface area contributed by atoms with Gasteiger partial charge in [0.15, 0.2) is 0 Å². The molecule has 6 heteroatoms. The third kappa shape index (κ3) is 2.57. The summed E-state index contributed by atoms with van der Waals surface area (Å²) < 4.78 is 1.85. The molecule has 0 radical (unpaired) electrons. The normalized spacial score (nSPS) is 16.4. The highest BCUT2D eigenvalue weighted by molar-refractivity contribution is 5.76. The molecule has 1 saturated heterocycles. The van der Waals surface area contributed by atoms with Gasteiger partial charge in [0, 0.05) is 46.1 Å². The fourth-order valence-corrected chi connectivity index (χ4v) is 1.82. The predicted molar refractivity (Wildman–Crippen MR) is 58.8 cm³/mol. The van der Waals surface area contributed by atoms with Gasteiger partial charge in [0.05, 0.1) is 0 Å². The van der Waals surface area contributed by atoms with Crippen LogP contribution in [0.3, 0.4) is 0 Å². The Labute approximate surface area is 94.6 Å². The molecule has 1 amide bonds. The summed E-state index contributed by atoms with van der Waals surface area (Å²) in [7, 11) is 1.89. The Balaban J connectivity index is 1.81. The predicted octanol–water partition coefficient (Wildman–Crippen LogP) is -0.820. The Morgan fingerprint density at radius 1 is 1.50 bits per heavy atom. The van der Waals surface area contributed by atoms with Crippen LogP contribution >= 0.6 is 0 Å². The highest BCUT2D eigenvalue weighted by atomic mass is 16.2. The Hall–Kier alpha value is -1.43. The maximum atomic E-state index is 11.8. The molecule has 6 nitrogen and oxygen atoms in total. The minimum Gasteiger partial charge on any atom is -0.340 e. The molecule has 0 aromatic carbocycles. The van der Waals surface area contributed by atoms with Gasteiger partial charge in [0.25, 0.3) is 0 Å². The highest BCUT2D eigenvalue weighted by Gasteiger charge is 2.16. The van der Waals surface area contributed by atoms with Gasteiger partial charge in [-0.1, -0.05) is 0 Å². The van der Waals surface area contributed by atoms with E-state index in [-0.39, 0.29) is 5.91 Å². The fraction of sp³-hybridized carbons (Fsp3) is 0.700. The molecule has 1 aromatic heterocycles. The van der Waals surface area contributed by atoms with Gasteiger partial charge in [-0.25, -0.2) is 0 Å². The van der Waals surface area contributed by atoms with Crippen molar-refractivity contribution >= 4 is 5.91 Å². The lowest BCUT2D eigenvalue weighted by atomic mass is 10.2. The van der Waals surface area contributed by atoms with Crippen LogP contribution in [0.1, 0.15) is 12.2 Å². The fourth-order valence-electron chi connectivity index (χ4n) is 1.82. The van der Waals surface area contributed by atoms with Gasteiger partial charge in [-0.15, -0.1) is 10.2 Å². The highest BCUT2D eigenvalue weighted by Crippen LogP contribution is 2.02. The number of amides is 1. The van der Waals surface area contributed by atoms with Crippen LogP contribution in [0.4, 0.5) is 0 Å². The lowest BCUT2D eigenvalue weighted by molar-refractivity contribution is -0.131. The summed E-state index contributed by atoms with van der Waals surface area (Å²) in [5, 5.41) is 11.0. The number of carbonyl (C=O) groups is 1. The van der Waals surface area contributed by atoms with Crippen molar-refractivity contribution in [1.82, 2.24) is 25.0 Å². The van der Waals surface area contributed by atoms with Crippen LogP contribution < -0.4 is 5.32 Å². The van der Waals surface area contributed by atoms with Crippen molar-refractivity contribution in [2.45, 2.75) is 12.8 Å². The van der Waals surface area contributed by atoms with Crippen molar-refractivity contribution in [3.8, 4) is 0 Å². The molecule has 1 fully saturated rings. The minimum absolute atomic E-state index is 0.213. The molecule has 1 N–H and O–H groups in total. The molecule has 1 aliphatic rings. The maximum absolute atomic E-state index is 11.8. The molecule has 0 aliphatic carbocycles. The molecule has 1 aliphatic heterocycles. The maximum Gasteiger partial charge on any atom is 0.223 e. The lowest BCUT2D eigenvalue weighted by Crippen LogP contribution is -2.46. The van der Waals surface area contributed by atoms with E-state index >= 15 is 0 Å². The second-order valence-corrected chi connectivity index (χ2v) is 3.99. The quantitative estimate of drug-likeness (QED) is 0.727. The van der Waals surface area contributed by atoms with E-state index in [0.29, 0.717) is 12.8 Å². The summed E-state index contributed by atoms with van der Waals surface area (Å²) in [6.07, 6.45) is 2.84. The molecule has 0 bridgehead atoms. The second kappa shape index (κ2) is 5.07. The van der Waals surface area contributed by atoms with Gasteiger partial charge in [-0.05, 0) is 0 Å². The van der Waals surface area contributed by atoms with Gasteiger partial charge in [0.1, 0.15) is 12.2 Å². The second-order valence-electron chi connectivity index (χ2n) is 3.99. The summed E-state index contributed by atoms with van der Waals surface area (Å²) in [6, 6.07) is 0. The van der Waals surface area contributed by atoms with Crippen LogP contribution in [0.5, 0.6) is 0 Å². The first kappa shape index (κ1) is 11.1. The van der Waals surface area contributed by atoms with Crippen LogP contribution in [0.15, 0.2) is 6.33 Å². The molecule has 88 valence electrons. The van der Waals surface area contributed by atoms with E-state index in [1.165, 1.54) is 0 Å². The van der Waals surface area contributed by atoms with Crippen LogP contribution in [0, 0.1) is 0 Å². The average molecular weight is 223 g/mol. The number of nitrogens with zero attached hydrogens (tertiary/aromatic N) is 4. The number of piperazine rings is 1. The van der Waals surface area contributed by atoms with E-state index in [9.17, 15) is 4.79 Å². The lowest BCUT2D eigenvalue weighted by Gasteiger charge is -2.27. The Morgan fingerprint density at radius 2 is 2.25 bits per heavy atom. The third-order valence-electron chi connectivity index (χ3n) is 2.84. The van der Waals surface area contributed by atoms with Gasteiger partial charge < -0.3 is 14.8 Å². The van der Waals surface area contributed by atoms with Crippen LogP contribution in [-0.4, -0.2) is 51.8 Å². The first-order valence-electron chi connectivity index (χ1n) is 5.59. The van der Waals surface area contributed by atoms with Gasteiger partial charge >= 0.3 is 0 Å². The van der Waals surface area contributed by atoms with Gasteiger partial charge in [-0.3, -0.25) is 4.79 Å². The summed E-state index contributed by atoms with van der Waals surface area (Å²) in [5.41, 5.74) is 0. The Bertz CT molecular complexity index is 356. The van der Waals surface area contributed by atoms with Crippen LogP contribution in [0.2, 0.25) is 0 Å². The summed E-state index contributed by atoms with van der Waals surface area (Å²) >= 11 is 0. The topological polar surface area (TPSA) is 63.1 Å². The van der Waals surface area contributed by atoms with E-state index in [1.807, 2.05) is 16.5 Å². The molecule has 16 heavy (non-hydrogen) atoms. The zero-order valence-corrected chi connectivity index (χ0v) is 9.52. The molecule has 1 aromatic rings. The number of nitrogens with one attached hydrogen (secondary N) is 1. The van der Waals surface area contributed by atoms with E-state index in [4.69, 9.17) is 0 Å². The standard InChI is InChI=1S/C10H17N5O/c1-14-8-12-13-9(14)2-3-10(16)15-6-4-11-5-7-15/h8,11H,2-7H2,1H3. The molecule has 0 atom stereocenters. The Kier molecular flexibility index (Phi) is 3.51. The first-order chi connectivity index (χ1) is 7.77. The van der Waals surface area contributed by atoms with E-state index in [1.54, 1.807) is 6.33 Å². The molecular weight excluding hydrogens is 206 g/mol. The van der Waals surface area contributed by atoms with Crippen molar-refractivity contribution in [3.05, 3.63) is 12.2 Å². The molecule has 0 spiro atoms. The van der Waals surface area contributed by atoms with Crippen LogP contribution in [-0.2, 0) is 18.3 Å². The number of hydrogen-bond donors (Lipinski definition) is 1. The smallest absolute Gasteiger partial charge is 0.223 e. The van der Waals surface area contributed by atoms with Crippen LogP contribution in [0.25, 0.3) is 0 Å². The van der Waals surface area contributed by atoms with Crippen molar-refractivity contribution in [2.75, 3.05) is 26.2 Å². The van der Waals surface area contributed by atoms with E-state index < -0.39 is 0 Å². The molecule has 2 heterocycles. The Morgan fingerprint density at radius 3 is 2.88 bits per heavy atom. The number of aryl methyl sites for hydroxylation is 2. The zero-order valence-electron chi connectivity index (χ0n) is 9.52. The molecule has 2 rings (SSSR count). The van der Waals surface area contributed by atoms with E-state index in [0.717, 1.165) is 32.0 Å². The number of aromatic nitrogens is 3. The first-order valence-corrected chi connectivity index (χ1v) is 5.59. The molecule has 0 saturated carbocycles. The van der Waals surface area contributed by atoms with E-state index in [2.05, 4.69) is 15.5 Å². The minimum atomic E-state index is 0.213. The SMILES string of the molecule is Cn1cnnc1CCC(=O)N1CCNCC1. The average Bonchev–Trinajstić information content (AvgIpc) is 2.73. The van der Waals surface area contributed by atoms with Crippen molar-refractivity contribution in [1.29, 1.82) is 0 Å². The zero-order chi connectivity index (χ0) is 11.4. The van der Waals surface area contributed by atoms with Crippen molar-refractivity contribution < 1.29 is 4.79 Å². The monoisotopic (exact) mass is 223 g/mol.